The van der Waals surface area contributed by atoms with Gasteiger partial charge in [-0.1, -0.05) is 11.6 Å². The van der Waals surface area contributed by atoms with Gasteiger partial charge in [0.15, 0.2) is 0 Å². The molecule has 6 heteroatoms. The molecule has 0 atom stereocenters. The molecule has 2 rings (SSSR count). The van der Waals surface area contributed by atoms with Crippen molar-refractivity contribution in [2.24, 2.45) is 0 Å². The van der Waals surface area contributed by atoms with Gasteiger partial charge in [0.05, 0.1) is 17.9 Å². The zero-order valence-electron chi connectivity index (χ0n) is 12.0. The van der Waals surface area contributed by atoms with Gasteiger partial charge in [0.2, 0.25) is 5.88 Å². The van der Waals surface area contributed by atoms with Gasteiger partial charge in [0.25, 0.3) is 0 Å². The summed E-state index contributed by atoms with van der Waals surface area (Å²) < 4.78 is 10.6. The fourth-order valence-corrected chi connectivity index (χ4v) is 1.74. The first-order chi connectivity index (χ1) is 9.95. The lowest BCUT2D eigenvalue weighted by atomic mass is 10.3. The molecule has 0 aliphatic carbocycles. The Hall–Kier alpha value is -2.14. The van der Waals surface area contributed by atoms with Gasteiger partial charge in [-0.3, -0.25) is 4.98 Å². The van der Waals surface area contributed by atoms with E-state index in [0.717, 1.165) is 5.69 Å². The Balaban J connectivity index is 2.12. The molecule has 5 nitrogen and oxygen atoms in total. The van der Waals surface area contributed by atoms with E-state index in [0.29, 0.717) is 11.6 Å². The van der Waals surface area contributed by atoms with Gasteiger partial charge >= 0.3 is 5.97 Å². The van der Waals surface area contributed by atoms with Crippen molar-refractivity contribution in [2.45, 2.75) is 26.9 Å². The van der Waals surface area contributed by atoms with E-state index in [2.05, 4.69) is 9.97 Å². The van der Waals surface area contributed by atoms with Crippen LogP contribution >= 0.6 is 11.6 Å². The summed E-state index contributed by atoms with van der Waals surface area (Å²) in [5.74, 6) is 0.107. The molecule has 0 fully saturated rings. The predicted octanol–water partition coefficient (Wildman–Crippen LogP) is 3.44. The van der Waals surface area contributed by atoms with Crippen LogP contribution < -0.4 is 9.47 Å². The van der Waals surface area contributed by atoms with Crippen molar-refractivity contribution in [1.29, 1.82) is 0 Å². The SMILES string of the molecule is Cc1ccc(OC(=O)c2cnc(OC(C)C)c(Cl)c2)cn1. The largest absolute Gasteiger partial charge is 0.474 e. The highest BCUT2D eigenvalue weighted by molar-refractivity contribution is 6.32. The summed E-state index contributed by atoms with van der Waals surface area (Å²) in [7, 11) is 0. The summed E-state index contributed by atoms with van der Waals surface area (Å²) >= 11 is 6.03. The van der Waals surface area contributed by atoms with E-state index < -0.39 is 5.97 Å². The summed E-state index contributed by atoms with van der Waals surface area (Å²) in [6.07, 6.45) is 2.80. The zero-order valence-corrected chi connectivity index (χ0v) is 12.7. The third-order valence-electron chi connectivity index (χ3n) is 2.49. The summed E-state index contributed by atoms with van der Waals surface area (Å²) in [6.45, 7) is 5.58. The summed E-state index contributed by atoms with van der Waals surface area (Å²) in [5.41, 5.74) is 1.09. The minimum absolute atomic E-state index is 0.0496. The summed E-state index contributed by atoms with van der Waals surface area (Å²) in [5, 5.41) is 0.264. The van der Waals surface area contributed by atoms with Crippen LogP contribution in [0.15, 0.2) is 30.6 Å². The van der Waals surface area contributed by atoms with Gasteiger partial charge in [0, 0.05) is 11.9 Å². The Morgan fingerprint density at radius 3 is 2.57 bits per heavy atom. The Morgan fingerprint density at radius 1 is 1.24 bits per heavy atom. The molecule has 0 aliphatic heterocycles. The second-order valence-electron chi connectivity index (χ2n) is 4.70. The second kappa shape index (κ2) is 6.54. The topological polar surface area (TPSA) is 61.3 Å². The highest BCUT2D eigenvalue weighted by Crippen LogP contribution is 2.24. The van der Waals surface area contributed by atoms with E-state index in [1.54, 1.807) is 12.1 Å². The van der Waals surface area contributed by atoms with Crippen molar-refractivity contribution in [3.05, 3.63) is 46.9 Å². The molecular formula is C15H15ClN2O3. The first kappa shape index (κ1) is 15.3. The van der Waals surface area contributed by atoms with E-state index in [9.17, 15) is 4.79 Å². The molecule has 0 amide bonds. The smallest absolute Gasteiger partial charge is 0.345 e. The molecule has 0 radical (unpaired) electrons. The number of halogens is 1. The van der Waals surface area contributed by atoms with Crippen LogP contribution in [0.3, 0.4) is 0 Å². The third kappa shape index (κ3) is 4.16. The van der Waals surface area contributed by atoms with Crippen LogP contribution in [-0.2, 0) is 0 Å². The molecule has 2 heterocycles. The number of pyridine rings is 2. The molecule has 2 aromatic rings. The van der Waals surface area contributed by atoms with Gasteiger partial charge in [-0.05, 0) is 39.0 Å². The predicted molar refractivity (Wildman–Crippen MR) is 78.9 cm³/mol. The maximum absolute atomic E-state index is 12.0. The van der Waals surface area contributed by atoms with Gasteiger partial charge in [-0.25, -0.2) is 9.78 Å². The van der Waals surface area contributed by atoms with Crippen LogP contribution in [0.25, 0.3) is 0 Å². The molecule has 0 spiro atoms. The Kier molecular flexibility index (Phi) is 4.75. The molecular weight excluding hydrogens is 292 g/mol. The zero-order chi connectivity index (χ0) is 15.4. The third-order valence-corrected chi connectivity index (χ3v) is 2.76. The quantitative estimate of drug-likeness (QED) is 0.810. The van der Waals surface area contributed by atoms with E-state index in [-0.39, 0.29) is 16.7 Å². The number of aromatic nitrogens is 2. The molecule has 0 aliphatic rings. The standard InChI is InChI=1S/C15H15ClN2O3/c1-9(2)20-14-13(16)6-11(7-18-14)15(19)21-12-5-4-10(3)17-8-12/h4-9H,1-3H3. The number of ether oxygens (including phenoxy) is 2. The second-order valence-corrected chi connectivity index (χ2v) is 5.11. The van der Waals surface area contributed by atoms with Crippen molar-refractivity contribution in [3.63, 3.8) is 0 Å². The van der Waals surface area contributed by atoms with Crippen LogP contribution in [0, 0.1) is 6.92 Å². The van der Waals surface area contributed by atoms with E-state index in [1.165, 1.54) is 18.5 Å². The Labute approximate surface area is 127 Å². The van der Waals surface area contributed by atoms with Gasteiger partial charge in [-0.15, -0.1) is 0 Å². The number of carbonyl (C=O) groups is 1. The van der Waals surface area contributed by atoms with Gasteiger partial charge < -0.3 is 9.47 Å². The molecule has 0 saturated heterocycles. The summed E-state index contributed by atoms with van der Waals surface area (Å²) in [4.78, 5) is 20.1. The fourth-order valence-electron chi connectivity index (χ4n) is 1.53. The van der Waals surface area contributed by atoms with E-state index in [4.69, 9.17) is 21.1 Å². The number of carbonyl (C=O) groups excluding carboxylic acids is 1. The number of nitrogens with zero attached hydrogens (tertiary/aromatic N) is 2. The number of rotatable bonds is 4. The normalized spacial score (nSPS) is 10.5. The molecule has 0 saturated carbocycles. The van der Waals surface area contributed by atoms with Crippen molar-refractivity contribution in [1.82, 2.24) is 9.97 Å². The minimum atomic E-state index is -0.550. The molecule has 0 bridgehead atoms. The van der Waals surface area contributed by atoms with Crippen molar-refractivity contribution >= 4 is 17.6 Å². The van der Waals surface area contributed by atoms with Gasteiger partial charge in [0.1, 0.15) is 10.8 Å². The molecule has 0 N–H and O–H groups in total. The van der Waals surface area contributed by atoms with E-state index in [1.807, 2.05) is 20.8 Å². The first-order valence-electron chi connectivity index (χ1n) is 6.42. The van der Waals surface area contributed by atoms with E-state index >= 15 is 0 Å². The lowest BCUT2D eigenvalue weighted by Gasteiger charge is -2.10. The fraction of sp³-hybridized carbons (Fsp3) is 0.267. The van der Waals surface area contributed by atoms with Crippen LogP contribution in [0.5, 0.6) is 11.6 Å². The first-order valence-corrected chi connectivity index (χ1v) is 6.80. The number of aryl methyl sites for hydroxylation is 1. The Morgan fingerprint density at radius 2 is 2.00 bits per heavy atom. The maximum atomic E-state index is 12.0. The van der Waals surface area contributed by atoms with Crippen LogP contribution in [0.4, 0.5) is 0 Å². The molecule has 2 aromatic heterocycles. The number of hydrogen-bond acceptors (Lipinski definition) is 5. The average Bonchev–Trinajstić information content (AvgIpc) is 2.43. The molecule has 0 unspecified atom stereocenters. The lowest BCUT2D eigenvalue weighted by Crippen LogP contribution is -2.11. The van der Waals surface area contributed by atoms with Crippen LogP contribution in [0.2, 0.25) is 5.02 Å². The highest BCUT2D eigenvalue weighted by Gasteiger charge is 2.13. The number of esters is 1. The molecule has 0 aromatic carbocycles. The lowest BCUT2D eigenvalue weighted by molar-refractivity contribution is 0.0733. The average molecular weight is 307 g/mol. The molecule has 21 heavy (non-hydrogen) atoms. The Bertz CT molecular complexity index is 642. The van der Waals surface area contributed by atoms with Crippen molar-refractivity contribution < 1.29 is 14.3 Å². The van der Waals surface area contributed by atoms with Gasteiger partial charge in [-0.2, -0.15) is 0 Å². The monoisotopic (exact) mass is 306 g/mol. The highest BCUT2D eigenvalue weighted by atomic mass is 35.5. The molecule has 110 valence electrons. The van der Waals surface area contributed by atoms with Crippen molar-refractivity contribution in [3.8, 4) is 11.6 Å². The van der Waals surface area contributed by atoms with Crippen molar-refractivity contribution in [2.75, 3.05) is 0 Å². The minimum Gasteiger partial charge on any atom is -0.474 e. The van der Waals surface area contributed by atoms with Crippen LogP contribution in [-0.4, -0.2) is 22.0 Å². The van der Waals surface area contributed by atoms with Crippen LogP contribution in [0.1, 0.15) is 29.9 Å². The summed E-state index contributed by atoms with van der Waals surface area (Å²) in [6, 6.07) is 4.90. The maximum Gasteiger partial charge on any atom is 0.345 e. The number of hydrogen-bond donors (Lipinski definition) is 0.